The Morgan fingerprint density at radius 2 is 1.90 bits per heavy atom. The van der Waals surface area contributed by atoms with Crippen molar-refractivity contribution >= 4 is 29.0 Å². The molecule has 2 heterocycles. The molecule has 1 aromatic heterocycles. The highest BCUT2D eigenvalue weighted by Crippen LogP contribution is 2.27. The quantitative estimate of drug-likeness (QED) is 0.695. The van der Waals surface area contributed by atoms with Crippen molar-refractivity contribution in [2.24, 2.45) is 0 Å². The number of amides is 2. The molecule has 0 bridgehead atoms. The number of benzene rings is 1. The third-order valence-corrected chi connectivity index (χ3v) is 4.91. The zero-order chi connectivity index (χ0) is 21.9. The van der Waals surface area contributed by atoms with E-state index in [0.29, 0.717) is 17.4 Å². The van der Waals surface area contributed by atoms with Crippen LogP contribution in [0.4, 0.5) is 18.0 Å². The second kappa shape index (κ2) is 8.74. The number of hydrogen-bond donors (Lipinski definition) is 1. The molecule has 3 rings (SSSR count). The van der Waals surface area contributed by atoms with E-state index in [9.17, 15) is 27.6 Å². The van der Waals surface area contributed by atoms with Crippen molar-refractivity contribution in [2.75, 3.05) is 6.61 Å². The number of ether oxygens (including phenoxy) is 1. The molecule has 0 saturated carbocycles. The van der Waals surface area contributed by atoms with Gasteiger partial charge >= 0.3 is 6.18 Å². The van der Waals surface area contributed by atoms with Gasteiger partial charge in [0.05, 0.1) is 11.4 Å². The van der Waals surface area contributed by atoms with Crippen molar-refractivity contribution in [1.82, 2.24) is 14.9 Å². The molecule has 1 aliphatic heterocycles. The molecule has 158 valence electrons. The van der Waals surface area contributed by atoms with E-state index in [4.69, 9.17) is 4.74 Å². The summed E-state index contributed by atoms with van der Waals surface area (Å²) in [5.41, 5.74) is -1.31. The van der Waals surface area contributed by atoms with Gasteiger partial charge in [0.25, 0.3) is 16.7 Å². The highest BCUT2D eigenvalue weighted by atomic mass is 32.2. The Morgan fingerprint density at radius 3 is 2.47 bits per heavy atom. The Hall–Kier alpha value is -3.08. The summed E-state index contributed by atoms with van der Waals surface area (Å²) >= 11 is 0.813. The van der Waals surface area contributed by atoms with Crippen LogP contribution < -0.4 is 15.6 Å². The van der Waals surface area contributed by atoms with Crippen LogP contribution in [0.2, 0.25) is 0 Å². The van der Waals surface area contributed by atoms with Crippen LogP contribution >= 0.6 is 11.8 Å². The second-order valence-corrected chi connectivity index (χ2v) is 7.18. The summed E-state index contributed by atoms with van der Waals surface area (Å²) in [5, 5.41) is 1.74. The molecule has 0 aliphatic carbocycles. The number of aryl methyl sites for hydroxylation is 1. The molecule has 1 fully saturated rings. The molecule has 1 aliphatic rings. The molecular weight excluding hydrogens is 423 g/mol. The van der Waals surface area contributed by atoms with Gasteiger partial charge < -0.3 is 4.74 Å². The first-order valence-corrected chi connectivity index (χ1v) is 9.64. The molecule has 1 N–H and O–H groups in total. The Balaban J connectivity index is 1.64. The normalized spacial score (nSPS) is 15.5. The summed E-state index contributed by atoms with van der Waals surface area (Å²) in [6, 6.07) is 7.12. The van der Waals surface area contributed by atoms with Gasteiger partial charge in [-0.15, -0.1) is 0 Å². The minimum Gasteiger partial charge on any atom is -0.492 e. The van der Waals surface area contributed by atoms with Gasteiger partial charge in [-0.1, -0.05) is 19.1 Å². The summed E-state index contributed by atoms with van der Waals surface area (Å²) in [7, 11) is 0. The number of aromatic nitrogens is 2. The third-order valence-electron chi connectivity index (χ3n) is 4.10. The van der Waals surface area contributed by atoms with Gasteiger partial charge in [0.1, 0.15) is 18.2 Å². The van der Waals surface area contributed by atoms with E-state index in [1.165, 1.54) is 0 Å². The van der Waals surface area contributed by atoms with Crippen molar-refractivity contribution in [1.29, 1.82) is 0 Å². The van der Waals surface area contributed by atoms with Gasteiger partial charge in [0, 0.05) is 12.5 Å². The van der Waals surface area contributed by atoms with Crippen molar-refractivity contribution in [2.45, 2.75) is 26.1 Å². The van der Waals surface area contributed by atoms with E-state index in [2.05, 4.69) is 10.3 Å². The Bertz CT molecular complexity index is 1060. The van der Waals surface area contributed by atoms with Crippen molar-refractivity contribution < 1.29 is 27.5 Å². The number of rotatable bonds is 6. The lowest BCUT2D eigenvalue weighted by Gasteiger charge is -2.14. The number of carbonyl (C=O) groups is 2. The van der Waals surface area contributed by atoms with E-state index in [0.717, 1.165) is 16.3 Å². The number of thioether (sulfide) groups is 1. The first kappa shape index (κ1) is 21.6. The summed E-state index contributed by atoms with van der Waals surface area (Å²) < 4.78 is 45.1. The van der Waals surface area contributed by atoms with Crippen LogP contribution in [-0.2, 0) is 23.9 Å². The largest absolute Gasteiger partial charge is 0.492 e. The number of imide groups is 1. The van der Waals surface area contributed by atoms with Gasteiger partial charge in [0.15, 0.2) is 5.69 Å². The van der Waals surface area contributed by atoms with Crippen LogP contribution in [0.5, 0.6) is 5.75 Å². The molecule has 0 unspecified atom stereocenters. The standard InChI is InChI=1S/C19H16F3N3O4S/c1-2-15-23-14(19(20,21)22)10-16(26)25(15)7-8-29-12-5-3-11(4-6-12)9-13-17(27)24-18(28)30-13/h3-6,9-10H,2,7-8H2,1H3,(H,24,27,28)/b13-9+. The molecule has 30 heavy (non-hydrogen) atoms. The highest BCUT2D eigenvalue weighted by Gasteiger charge is 2.33. The topological polar surface area (TPSA) is 90.3 Å². The fourth-order valence-corrected chi connectivity index (χ4v) is 3.38. The van der Waals surface area contributed by atoms with Crippen molar-refractivity contribution in [3.63, 3.8) is 0 Å². The van der Waals surface area contributed by atoms with Crippen molar-refractivity contribution in [3.8, 4) is 5.75 Å². The van der Waals surface area contributed by atoms with E-state index in [1.54, 1.807) is 37.3 Å². The van der Waals surface area contributed by atoms with Crippen LogP contribution in [0.15, 0.2) is 40.0 Å². The van der Waals surface area contributed by atoms with Gasteiger partial charge in [-0.05, 0) is 35.5 Å². The fourth-order valence-electron chi connectivity index (χ4n) is 2.70. The molecule has 0 spiro atoms. The summed E-state index contributed by atoms with van der Waals surface area (Å²) in [4.78, 5) is 38.6. The van der Waals surface area contributed by atoms with Crippen LogP contribution in [-0.4, -0.2) is 27.3 Å². The Morgan fingerprint density at radius 1 is 1.20 bits per heavy atom. The first-order valence-electron chi connectivity index (χ1n) is 8.83. The predicted octanol–water partition coefficient (Wildman–Crippen LogP) is 3.23. The lowest BCUT2D eigenvalue weighted by molar-refractivity contribution is -0.141. The monoisotopic (exact) mass is 439 g/mol. The number of carbonyl (C=O) groups excluding carboxylic acids is 2. The Kier molecular flexibility index (Phi) is 6.30. The van der Waals surface area contributed by atoms with Gasteiger partial charge in [0.2, 0.25) is 0 Å². The van der Waals surface area contributed by atoms with Crippen molar-refractivity contribution in [3.05, 3.63) is 62.7 Å². The summed E-state index contributed by atoms with van der Waals surface area (Å²) in [5.74, 6) is 0.0534. The summed E-state index contributed by atoms with van der Waals surface area (Å²) in [6.45, 7) is 1.70. The SMILES string of the molecule is CCc1nc(C(F)(F)F)cc(=O)n1CCOc1ccc(/C=C2/SC(=O)NC2=O)cc1. The van der Waals surface area contributed by atoms with Crippen LogP contribution in [0.1, 0.15) is 24.0 Å². The second-order valence-electron chi connectivity index (χ2n) is 6.17. The molecule has 0 radical (unpaired) electrons. The number of halogens is 3. The predicted molar refractivity (Wildman–Crippen MR) is 104 cm³/mol. The van der Waals surface area contributed by atoms with Gasteiger partial charge in [-0.2, -0.15) is 13.2 Å². The first-order chi connectivity index (χ1) is 14.2. The maximum atomic E-state index is 12.8. The third kappa shape index (κ3) is 5.09. The number of nitrogens with one attached hydrogen (secondary N) is 1. The highest BCUT2D eigenvalue weighted by molar-refractivity contribution is 8.18. The number of hydrogen-bond acceptors (Lipinski definition) is 6. The fraction of sp³-hybridized carbons (Fsp3) is 0.263. The van der Waals surface area contributed by atoms with Crippen LogP contribution in [0, 0.1) is 0 Å². The lowest BCUT2D eigenvalue weighted by atomic mass is 10.2. The number of alkyl halides is 3. The zero-order valence-electron chi connectivity index (χ0n) is 15.7. The van der Waals surface area contributed by atoms with Crippen LogP contribution in [0.25, 0.3) is 6.08 Å². The molecular formula is C19H16F3N3O4S. The molecule has 1 saturated heterocycles. The van der Waals surface area contributed by atoms with E-state index in [1.807, 2.05) is 0 Å². The minimum absolute atomic E-state index is 0.0299. The van der Waals surface area contributed by atoms with E-state index in [-0.39, 0.29) is 30.3 Å². The van der Waals surface area contributed by atoms with E-state index < -0.39 is 28.6 Å². The smallest absolute Gasteiger partial charge is 0.433 e. The minimum atomic E-state index is -4.68. The molecule has 2 aromatic rings. The van der Waals surface area contributed by atoms with E-state index >= 15 is 0 Å². The molecule has 1 aromatic carbocycles. The summed E-state index contributed by atoms with van der Waals surface area (Å²) in [6.07, 6.45) is -2.95. The zero-order valence-corrected chi connectivity index (χ0v) is 16.5. The maximum Gasteiger partial charge on any atom is 0.433 e. The van der Waals surface area contributed by atoms with Gasteiger partial charge in [-0.25, -0.2) is 4.98 Å². The Labute approximate surface area is 172 Å². The average molecular weight is 439 g/mol. The molecule has 0 atom stereocenters. The lowest BCUT2D eigenvalue weighted by Crippen LogP contribution is -2.29. The molecule has 11 heteroatoms. The molecule has 7 nitrogen and oxygen atoms in total. The van der Waals surface area contributed by atoms with Gasteiger partial charge in [-0.3, -0.25) is 24.3 Å². The molecule has 2 amide bonds. The number of nitrogens with zero attached hydrogens (tertiary/aromatic N) is 2. The van der Waals surface area contributed by atoms with Crippen LogP contribution in [0.3, 0.4) is 0 Å². The maximum absolute atomic E-state index is 12.8. The average Bonchev–Trinajstić information content (AvgIpc) is 3.00.